The van der Waals surface area contributed by atoms with Gasteiger partial charge in [-0.25, -0.2) is 0 Å². The number of fused-ring (bicyclic) bond motifs is 2. The van der Waals surface area contributed by atoms with Crippen LogP contribution in [-0.2, 0) is 28.5 Å². The summed E-state index contributed by atoms with van der Waals surface area (Å²) in [6, 6.07) is 0. The highest BCUT2D eigenvalue weighted by atomic mass is 16.8. The zero-order valence-electron chi connectivity index (χ0n) is 21.8. The monoisotopic (exact) mass is 498 g/mol. The molecule has 7 fully saturated rings. The van der Waals surface area contributed by atoms with Crippen molar-refractivity contribution < 1.29 is 33.6 Å². The third kappa shape index (κ3) is 2.19. The predicted octanol–water partition coefficient (Wildman–Crippen LogP) is 3.85. The van der Waals surface area contributed by atoms with Crippen LogP contribution in [-0.4, -0.2) is 54.2 Å². The van der Waals surface area contributed by atoms with Crippen molar-refractivity contribution in [3.63, 3.8) is 0 Å². The van der Waals surface area contributed by atoms with Crippen molar-refractivity contribution in [2.75, 3.05) is 13.2 Å². The van der Waals surface area contributed by atoms with Crippen LogP contribution in [0.5, 0.6) is 0 Å². The number of hydrogen-bond donors (Lipinski definition) is 1. The van der Waals surface area contributed by atoms with Crippen LogP contribution in [0.15, 0.2) is 23.5 Å². The summed E-state index contributed by atoms with van der Waals surface area (Å²) in [4.78, 5) is 14.4. The maximum Gasteiger partial charge on any atom is 0.213 e. The summed E-state index contributed by atoms with van der Waals surface area (Å²) in [6.07, 6.45) is 3.95. The zero-order valence-corrected chi connectivity index (χ0v) is 21.8. The molecule has 4 saturated heterocycles. The molecule has 196 valence electrons. The molecular formula is C29H38O7. The van der Waals surface area contributed by atoms with Crippen molar-refractivity contribution >= 4 is 5.78 Å². The Bertz CT molecular complexity index is 1120. The van der Waals surface area contributed by atoms with Crippen LogP contribution in [0.3, 0.4) is 0 Å². The number of carbonyl (C=O) groups excluding carboxylic acids is 1. The van der Waals surface area contributed by atoms with E-state index in [0.29, 0.717) is 24.7 Å². The molecule has 9 rings (SSSR count). The van der Waals surface area contributed by atoms with Gasteiger partial charge >= 0.3 is 0 Å². The van der Waals surface area contributed by atoms with E-state index in [9.17, 15) is 9.90 Å². The summed E-state index contributed by atoms with van der Waals surface area (Å²) in [7, 11) is 0. The molecule has 5 aliphatic heterocycles. The number of carbonyl (C=O) groups is 1. The Morgan fingerprint density at radius 3 is 2.72 bits per heavy atom. The summed E-state index contributed by atoms with van der Waals surface area (Å²) in [5.74, 6) is -1.58. The standard InChI is InChI=1S/C29H38O7/c1-14-17-8-9-18-27-13-33-29(28(18,20(14)30)23(17)35-26(4,5)36-29)21(31)19(27)25(2,3)12-16-11-15-7-6-10-32-24(15)34-22(16)27/h15,17-19,21,23-24,31H,1,6-13H2,2-5H3/t15-,17+,18+,19-,21+,23-,24+,27+,28+,29?/m1/s1. The van der Waals surface area contributed by atoms with E-state index in [1.807, 2.05) is 13.8 Å². The van der Waals surface area contributed by atoms with Crippen molar-refractivity contribution in [3.05, 3.63) is 23.5 Å². The lowest BCUT2D eigenvalue weighted by Gasteiger charge is -2.77. The molecule has 7 nitrogen and oxygen atoms in total. The molecule has 0 aromatic carbocycles. The van der Waals surface area contributed by atoms with Crippen LogP contribution in [0.1, 0.15) is 66.2 Å². The van der Waals surface area contributed by atoms with Crippen LogP contribution in [0.4, 0.5) is 0 Å². The summed E-state index contributed by atoms with van der Waals surface area (Å²) >= 11 is 0. The molecule has 7 heteroatoms. The van der Waals surface area contributed by atoms with Gasteiger partial charge in [0, 0.05) is 17.8 Å². The van der Waals surface area contributed by atoms with Gasteiger partial charge in [-0.2, -0.15) is 0 Å². The Balaban J connectivity index is 1.40. The van der Waals surface area contributed by atoms with E-state index in [4.69, 9.17) is 23.7 Å². The minimum absolute atomic E-state index is 0.0415. The van der Waals surface area contributed by atoms with Gasteiger partial charge < -0.3 is 28.8 Å². The van der Waals surface area contributed by atoms with Crippen molar-refractivity contribution in [1.29, 1.82) is 0 Å². The first-order valence-electron chi connectivity index (χ1n) is 13.9. The van der Waals surface area contributed by atoms with Crippen molar-refractivity contribution in [2.24, 2.45) is 39.9 Å². The van der Waals surface area contributed by atoms with Crippen LogP contribution >= 0.6 is 0 Å². The minimum Gasteiger partial charge on any atom is -0.468 e. The van der Waals surface area contributed by atoms with E-state index in [1.54, 1.807) is 0 Å². The van der Waals surface area contributed by atoms with Gasteiger partial charge in [0.15, 0.2) is 11.6 Å². The van der Waals surface area contributed by atoms with E-state index in [0.717, 1.165) is 44.3 Å². The number of allylic oxidation sites excluding steroid dienone is 1. The summed E-state index contributed by atoms with van der Waals surface area (Å²) < 4.78 is 33.0. The number of ether oxygens (including phenoxy) is 5. The van der Waals surface area contributed by atoms with Gasteiger partial charge in [-0.15, -0.1) is 0 Å². The van der Waals surface area contributed by atoms with E-state index in [1.165, 1.54) is 5.57 Å². The molecule has 0 aromatic rings. The van der Waals surface area contributed by atoms with Crippen LogP contribution in [0, 0.1) is 39.9 Å². The van der Waals surface area contributed by atoms with Crippen LogP contribution in [0.25, 0.3) is 0 Å². The normalized spacial score (nSPS) is 55.3. The molecule has 3 spiro atoms. The summed E-state index contributed by atoms with van der Waals surface area (Å²) in [5, 5.41) is 12.4. The fourth-order valence-corrected chi connectivity index (χ4v) is 10.7. The Morgan fingerprint density at radius 2 is 1.92 bits per heavy atom. The Kier molecular flexibility index (Phi) is 4.09. The molecule has 36 heavy (non-hydrogen) atoms. The predicted molar refractivity (Wildman–Crippen MR) is 127 cm³/mol. The fourth-order valence-electron chi connectivity index (χ4n) is 10.7. The highest BCUT2D eigenvalue weighted by molar-refractivity contribution is 6.05. The van der Waals surface area contributed by atoms with Crippen LogP contribution < -0.4 is 0 Å². The third-order valence-electron chi connectivity index (χ3n) is 11.4. The smallest absolute Gasteiger partial charge is 0.213 e. The molecule has 9 aliphatic rings. The Morgan fingerprint density at radius 1 is 1.11 bits per heavy atom. The zero-order chi connectivity index (χ0) is 25.0. The van der Waals surface area contributed by atoms with Gasteiger partial charge in [0.05, 0.1) is 24.7 Å². The second kappa shape index (κ2) is 6.48. The summed E-state index contributed by atoms with van der Waals surface area (Å²) in [5.41, 5.74) is -0.0639. The molecule has 0 radical (unpaired) electrons. The molecule has 5 heterocycles. The van der Waals surface area contributed by atoms with E-state index in [-0.39, 0.29) is 35.2 Å². The average molecular weight is 499 g/mol. The van der Waals surface area contributed by atoms with Gasteiger partial charge in [-0.3, -0.25) is 4.79 Å². The number of aliphatic hydroxyl groups excluding tert-OH is 1. The van der Waals surface area contributed by atoms with Gasteiger partial charge in [0.1, 0.15) is 17.3 Å². The summed E-state index contributed by atoms with van der Waals surface area (Å²) in [6.45, 7) is 13.6. The second-order valence-electron chi connectivity index (χ2n) is 14.0. The van der Waals surface area contributed by atoms with E-state index in [2.05, 4.69) is 20.4 Å². The number of hydrogen-bond acceptors (Lipinski definition) is 7. The molecule has 1 N–H and O–H groups in total. The van der Waals surface area contributed by atoms with Gasteiger partial charge in [0.2, 0.25) is 12.1 Å². The first-order chi connectivity index (χ1) is 17.0. The number of rotatable bonds is 0. The van der Waals surface area contributed by atoms with Crippen LogP contribution in [0.2, 0.25) is 0 Å². The van der Waals surface area contributed by atoms with Gasteiger partial charge in [-0.05, 0) is 74.9 Å². The Labute approximate surface area is 212 Å². The van der Waals surface area contributed by atoms with E-state index < -0.39 is 34.6 Å². The lowest BCUT2D eigenvalue weighted by molar-refractivity contribution is -0.527. The molecule has 4 bridgehead atoms. The van der Waals surface area contributed by atoms with Crippen molar-refractivity contribution in [2.45, 2.75) is 96.3 Å². The molecule has 0 amide bonds. The SMILES string of the molecule is C=C1C(=O)[C@@]23[C@@H]4OC(C)(C)OC25OC[C@]2(C6=C(C[C@H]7CCCO[C@H]7O6)CC(C)(C)[C@H]2[C@@H]5O)[C@@H]3CC[C@@H]14. The Hall–Kier alpha value is -1.25. The molecule has 10 atom stereocenters. The lowest BCUT2D eigenvalue weighted by Crippen LogP contribution is -2.87. The van der Waals surface area contributed by atoms with Gasteiger partial charge in [-0.1, -0.05) is 20.4 Å². The van der Waals surface area contributed by atoms with Crippen molar-refractivity contribution in [3.8, 4) is 0 Å². The second-order valence-corrected chi connectivity index (χ2v) is 14.0. The topological polar surface area (TPSA) is 83.5 Å². The highest BCUT2D eigenvalue weighted by Gasteiger charge is 2.90. The van der Waals surface area contributed by atoms with E-state index >= 15 is 0 Å². The number of aliphatic hydroxyl groups is 1. The largest absolute Gasteiger partial charge is 0.468 e. The number of Topliss-reactive ketones (excluding diaryl/α,β-unsaturated/α-hetero) is 1. The molecular weight excluding hydrogens is 460 g/mol. The van der Waals surface area contributed by atoms with Gasteiger partial charge in [0.25, 0.3) is 0 Å². The highest BCUT2D eigenvalue weighted by Crippen LogP contribution is 2.80. The fraction of sp³-hybridized carbons (Fsp3) is 0.828. The van der Waals surface area contributed by atoms with Crippen molar-refractivity contribution in [1.82, 2.24) is 0 Å². The maximum atomic E-state index is 14.4. The molecule has 4 aliphatic carbocycles. The molecule has 3 saturated carbocycles. The quantitative estimate of drug-likeness (QED) is 0.508. The minimum atomic E-state index is -1.46. The molecule has 1 unspecified atom stereocenters. The first-order valence-corrected chi connectivity index (χ1v) is 13.9. The third-order valence-corrected chi connectivity index (χ3v) is 11.4. The lowest BCUT2D eigenvalue weighted by atomic mass is 9.36. The maximum absolute atomic E-state index is 14.4. The molecule has 0 aromatic heterocycles. The average Bonchev–Trinajstić information content (AvgIpc) is 2.93. The first kappa shape index (κ1) is 22.7. The number of ketones is 1.